The maximum atomic E-state index is 11.2. The molecule has 1 rings (SSSR count). The lowest BCUT2D eigenvalue weighted by Gasteiger charge is -2.13. The van der Waals surface area contributed by atoms with Crippen molar-refractivity contribution in [2.75, 3.05) is 13.1 Å². The lowest BCUT2D eigenvalue weighted by molar-refractivity contribution is -0.120. The lowest BCUT2D eigenvalue weighted by Crippen LogP contribution is -2.34. The summed E-state index contributed by atoms with van der Waals surface area (Å²) in [7, 11) is 0. The lowest BCUT2D eigenvalue weighted by atomic mass is 10.3. The van der Waals surface area contributed by atoms with Crippen molar-refractivity contribution < 1.29 is 4.79 Å². The molecular formula is C11H20N4O. The van der Waals surface area contributed by atoms with Gasteiger partial charge in [-0.2, -0.15) is 5.10 Å². The molecule has 2 N–H and O–H groups in total. The van der Waals surface area contributed by atoms with Crippen LogP contribution in [0.5, 0.6) is 0 Å². The highest BCUT2D eigenvalue weighted by Gasteiger charge is 2.04. The second kappa shape index (κ2) is 7.00. The highest BCUT2D eigenvalue weighted by Crippen LogP contribution is 1.90. The third kappa shape index (κ3) is 4.93. The Bertz CT molecular complexity index is 297. The molecule has 0 aromatic carbocycles. The van der Waals surface area contributed by atoms with Crippen LogP contribution in [-0.4, -0.2) is 34.8 Å². The smallest absolute Gasteiger partial charge is 0.221 e. The first-order valence-corrected chi connectivity index (χ1v) is 5.70. The Labute approximate surface area is 96.2 Å². The molecule has 0 aliphatic heterocycles. The van der Waals surface area contributed by atoms with Crippen LogP contribution in [0.15, 0.2) is 18.5 Å². The number of hydrogen-bond donors (Lipinski definition) is 2. The van der Waals surface area contributed by atoms with Gasteiger partial charge in [-0.15, -0.1) is 0 Å². The van der Waals surface area contributed by atoms with Gasteiger partial charge in [0.05, 0.1) is 6.54 Å². The molecule has 5 nitrogen and oxygen atoms in total. The molecule has 0 spiro atoms. The van der Waals surface area contributed by atoms with Crippen molar-refractivity contribution >= 4 is 5.91 Å². The predicted molar refractivity (Wildman–Crippen MR) is 63.0 cm³/mol. The number of nitrogens with zero attached hydrogens (tertiary/aromatic N) is 2. The fourth-order valence-corrected chi connectivity index (χ4v) is 1.47. The van der Waals surface area contributed by atoms with E-state index in [1.807, 2.05) is 23.9 Å². The molecule has 1 amide bonds. The van der Waals surface area contributed by atoms with E-state index >= 15 is 0 Å². The molecule has 1 atom stereocenters. The van der Waals surface area contributed by atoms with Crippen LogP contribution < -0.4 is 10.6 Å². The van der Waals surface area contributed by atoms with Crippen LogP contribution in [0.2, 0.25) is 0 Å². The van der Waals surface area contributed by atoms with Crippen molar-refractivity contribution in [3.8, 4) is 0 Å². The molecule has 1 aromatic rings. The van der Waals surface area contributed by atoms with Gasteiger partial charge in [0.15, 0.2) is 0 Å². The second-order valence-corrected chi connectivity index (χ2v) is 3.79. The Morgan fingerprint density at radius 3 is 3.00 bits per heavy atom. The largest absolute Gasteiger partial charge is 0.356 e. The van der Waals surface area contributed by atoms with Crippen LogP contribution in [0.1, 0.15) is 20.3 Å². The minimum absolute atomic E-state index is 0.0984. The molecular weight excluding hydrogens is 204 g/mol. The van der Waals surface area contributed by atoms with Gasteiger partial charge in [-0.25, -0.2) is 0 Å². The highest BCUT2D eigenvalue weighted by atomic mass is 16.1. The fraction of sp³-hybridized carbons (Fsp3) is 0.636. The number of amides is 1. The second-order valence-electron chi connectivity index (χ2n) is 3.79. The Balaban J connectivity index is 2.11. The van der Waals surface area contributed by atoms with Crippen LogP contribution in [0.4, 0.5) is 0 Å². The first-order chi connectivity index (χ1) is 7.72. The maximum Gasteiger partial charge on any atom is 0.221 e. The van der Waals surface area contributed by atoms with Gasteiger partial charge in [0, 0.05) is 37.9 Å². The predicted octanol–water partition coefficient (Wildman–Crippen LogP) is 0.387. The summed E-state index contributed by atoms with van der Waals surface area (Å²) in [4.78, 5) is 11.2. The summed E-state index contributed by atoms with van der Waals surface area (Å²) in [5.41, 5.74) is 0. The third-order valence-corrected chi connectivity index (χ3v) is 2.24. The molecule has 0 bridgehead atoms. The Hall–Kier alpha value is -1.36. The molecule has 0 radical (unpaired) electrons. The standard InChI is InChI=1S/C11H20N4O/c1-3-12-11(16)5-7-13-10(2)9-15-8-4-6-14-15/h4,6,8,10,13H,3,5,7,9H2,1-2H3,(H,12,16). The van der Waals surface area contributed by atoms with Crippen molar-refractivity contribution in [1.29, 1.82) is 0 Å². The SMILES string of the molecule is CCNC(=O)CCNC(C)Cn1cccn1. The number of carbonyl (C=O) groups excluding carboxylic acids is 1. The van der Waals surface area contributed by atoms with E-state index in [0.29, 0.717) is 25.6 Å². The van der Waals surface area contributed by atoms with E-state index in [2.05, 4.69) is 22.7 Å². The zero-order valence-electron chi connectivity index (χ0n) is 9.94. The molecule has 90 valence electrons. The number of hydrogen-bond acceptors (Lipinski definition) is 3. The minimum atomic E-state index is 0.0984. The van der Waals surface area contributed by atoms with Crippen molar-refractivity contribution in [3.05, 3.63) is 18.5 Å². The van der Waals surface area contributed by atoms with Crippen molar-refractivity contribution in [3.63, 3.8) is 0 Å². The fourth-order valence-electron chi connectivity index (χ4n) is 1.47. The van der Waals surface area contributed by atoms with Gasteiger partial charge in [-0.3, -0.25) is 9.48 Å². The van der Waals surface area contributed by atoms with Crippen molar-refractivity contribution in [2.24, 2.45) is 0 Å². The molecule has 0 saturated heterocycles. The number of aromatic nitrogens is 2. The van der Waals surface area contributed by atoms with E-state index in [4.69, 9.17) is 0 Å². The highest BCUT2D eigenvalue weighted by molar-refractivity contribution is 5.75. The van der Waals surface area contributed by atoms with Gasteiger partial charge in [-0.1, -0.05) is 0 Å². The minimum Gasteiger partial charge on any atom is -0.356 e. The van der Waals surface area contributed by atoms with E-state index in [1.165, 1.54) is 0 Å². The van der Waals surface area contributed by atoms with Crippen LogP contribution >= 0.6 is 0 Å². The summed E-state index contributed by atoms with van der Waals surface area (Å²) >= 11 is 0. The van der Waals surface area contributed by atoms with Crippen LogP contribution in [0.3, 0.4) is 0 Å². The number of rotatable bonds is 7. The summed E-state index contributed by atoms with van der Waals surface area (Å²) in [6, 6.07) is 2.22. The van der Waals surface area contributed by atoms with Crippen LogP contribution in [0.25, 0.3) is 0 Å². The molecule has 0 aliphatic carbocycles. The molecule has 1 heterocycles. The molecule has 1 unspecified atom stereocenters. The molecule has 16 heavy (non-hydrogen) atoms. The summed E-state index contributed by atoms with van der Waals surface area (Å²) in [6.07, 6.45) is 4.22. The monoisotopic (exact) mass is 224 g/mol. The van der Waals surface area contributed by atoms with E-state index in [-0.39, 0.29) is 5.91 Å². The molecule has 1 aromatic heterocycles. The Morgan fingerprint density at radius 2 is 2.38 bits per heavy atom. The van der Waals surface area contributed by atoms with Crippen LogP contribution in [0, 0.1) is 0 Å². The normalized spacial score (nSPS) is 12.4. The number of nitrogens with one attached hydrogen (secondary N) is 2. The molecule has 0 fully saturated rings. The average molecular weight is 224 g/mol. The van der Waals surface area contributed by atoms with E-state index in [9.17, 15) is 4.79 Å². The van der Waals surface area contributed by atoms with Gasteiger partial charge in [0.1, 0.15) is 0 Å². The van der Waals surface area contributed by atoms with Gasteiger partial charge in [0.2, 0.25) is 5.91 Å². The quantitative estimate of drug-likeness (QED) is 0.704. The molecule has 5 heteroatoms. The zero-order chi connectivity index (χ0) is 11.8. The Morgan fingerprint density at radius 1 is 1.56 bits per heavy atom. The van der Waals surface area contributed by atoms with E-state index in [0.717, 1.165) is 6.54 Å². The first-order valence-electron chi connectivity index (χ1n) is 5.70. The summed E-state index contributed by atoms with van der Waals surface area (Å²) in [5, 5.41) is 10.2. The summed E-state index contributed by atoms with van der Waals surface area (Å²) in [6.45, 7) is 6.23. The van der Waals surface area contributed by atoms with Gasteiger partial charge >= 0.3 is 0 Å². The summed E-state index contributed by atoms with van der Waals surface area (Å²) in [5.74, 6) is 0.0984. The topological polar surface area (TPSA) is 59.0 Å². The molecule has 0 saturated carbocycles. The number of carbonyl (C=O) groups is 1. The maximum absolute atomic E-state index is 11.2. The Kier molecular flexibility index (Phi) is 5.56. The first kappa shape index (κ1) is 12.7. The van der Waals surface area contributed by atoms with Gasteiger partial charge in [0.25, 0.3) is 0 Å². The van der Waals surface area contributed by atoms with Gasteiger partial charge in [-0.05, 0) is 19.9 Å². The molecule has 0 aliphatic rings. The van der Waals surface area contributed by atoms with Crippen molar-refractivity contribution in [1.82, 2.24) is 20.4 Å². The van der Waals surface area contributed by atoms with E-state index in [1.54, 1.807) is 6.20 Å². The van der Waals surface area contributed by atoms with Crippen LogP contribution in [-0.2, 0) is 11.3 Å². The van der Waals surface area contributed by atoms with Crippen molar-refractivity contribution in [2.45, 2.75) is 32.9 Å². The average Bonchev–Trinajstić information content (AvgIpc) is 2.70. The van der Waals surface area contributed by atoms with Gasteiger partial charge < -0.3 is 10.6 Å². The summed E-state index contributed by atoms with van der Waals surface area (Å²) < 4.78 is 1.88. The van der Waals surface area contributed by atoms with E-state index < -0.39 is 0 Å². The third-order valence-electron chi connectivity index (χ3n) is 2.24. The zero-order valence-corrected chi connectivity index (χ0v) is 9.94.